The van der Waals surface area contributed by atoms with Crippen molar-refractivity contribution >= 4 is 11.8 Å². The third-order valence-corrected chi connectivity index (χ3v) is 7.29. The number of ether oxygens (including phenoxy) is 2. The predicted octanol–water partition coefficient (Wildman–Crippen LogP) is 5.43. The maximum atomic E-state index is 9.41. The van der Waals surface area contributed by atoms with E-state index in [1.54, 1.807) is 24.2 Å². The molecule has 0 amide bonds. The molecule has 7 heteroatoms. The van der Waals surface area contributed by atoms with Gasteiger partial charge in [0, 0.05) is 36.7 Å². The van der Waals surface area contributed by atoms with Crippen molar-refractivity contribution < 1.29 is 14.6 Å². The number of nitrogens with zero attached hydrogens (tertiary/aromatic N) is 2. The third kappa shape index (κ3) is 5.83. The summed E-state index contributed by atoms with van der Waals surface area (Å²) in [5, 5.41) is 10.1. The van der Waals surface area contributed by atoms with Gasteiger partial charge in [0.1, 0.15) is 0 Å². The van der Waals surface area contributed by atoms with Crippen molar-refractivity contribution in [2.24, 2.45) is 5.73 Å². The Hall–Kier alpha value is -3.07. The average Bonchev–Trinajstić information content (AvgIpc) is 2.96. The van der Waals surface area contributed by atoms with Gasteiger partial charge in [0.15, 0.2) is 11.4 Å². The molecule has 5 rings (SSSR count). The molecule has 4 aromatic rings. The monoisotopic (exact) mass is 499 g/mol. The van der Waals surface area contributed by atoms with E-state index in [-0.39, 0.29) is 18.8 Å². The van der Waals surface area contributed by atoms with Crippen LogP contribution in [0.2, 0.25) is 0 Å². The minimum atomic E-state index is -0.498. The average molecular weight is 500 g/mol. The molecule has 0 saturated carbocycles. The van der Waals surface area contributed by atoms with E-state index in [9.17, 15) is 5.11 Å². The Morgan fingerprint density at radius 1 is 0.861 bits per heavy atom. The Bertz CT molecular complexity index is 1250. The van der Waals surface area contributed by atoms with Crippen molar-refractivity contribution in [3.63, 3.8) is 0 Å². The number of hydrogen-bond acceptors (Lipinski definition) is 7. The summed E-state index contributed by atoms with van der Waals surface area (Å²) in [6, 6.07) is 26.2. The zero-order chi connectivity index (χ0) is 24.7. The molecule has 6 nitrogen and oxygen atoms in total. The molecule has 0 unspecified atom stereocenters. The highest BCUT2D eigenvalue weighted by atomic mass is 32.2. The first-order valence-corrected chi connectivity index (χ1v) is 13.0. The fraction of sp³-hybridized carbons (Fsp3) is 0.241. The van der Waals surface area contributed by atoms with Crippen molar-refractivity contribution in [3.8, 4) is 11.1 Å². The molecule has 2 heterocycles. The zero-order valence-corrected chi connectivity index (χ0v) is 20.7. The van der Waals surface area contributed by atoms with E-state index in [2.05, 4.69) is 46.4 Å². The van der Waals surface area contributed by atoms with Gasteiger partial charge in [-0.15, -0.1) is 0 Å². The molecule has 3 atom stereocenters. The number of aromatic nitrogens is 2. The van der Waals surface area contributed by atoms with Gasteiger partial charge in [0.2, 0.25) is 0 Å². The van der Waals surface area contributed by atoms with Gasteiger partial charge in [-0.3, -0.25) is 0 Å². The lowest BCUT2D eigenvalue weighted by molar-refractivity contribution is -0.245. The number of nitrogens with two attached hydrogens (primary N) is 1. The molecule has 0 aliphatic carbocycles. The first-order valence-electron chi connectivity index (χ1n) is 12.0. The van der Waals surface area contributed by atoms with E-state index in [1.165, 1.54) is 0 Å². The van der Waals surface area contributed by atoms with E-state index < -0.39 is 6.29 Å². The zero-order valence-electron chi connectivity index (χ0n) is 19.9. The van der Waals surface area contributed by atoms with Crippen LogP contribution < -0.4 is 5.73 Å². The van der Waals surface area contributed by atoms with Gasteiger partial charge < -0.3 is 20.3 Å². The number of rotatable bonds is 8. The van der Waals surface area contributed by atoms with Gasteiger partial charge in [-0.05, 0) is 33.9 Å². The molecule has 3 aromatic carbocycles. The standard InChI is InChI=1S/C29H29N3O3S/c30-17-24-4-1-2-5-26(24)21-10-12-23(13-11-21)28-34-25(19-36-29-31-14-3-15-32-29)16-27(35-28)22-8-6-20(18-33)7-9-22/h1-15,25,27-28,33H,16-19,30H2/t25-,27+,28+/m1/s1. The van der Waals surface area contributed by atoms with E-state index >= 15 is 0 Å². The van der Waals surface area contributed by atoms with Crippen LogP contribution >= 0.6 is 11.8 Å². The summed E-state index contributed by atoms with van der Waals surface area (Å²) >= 11 is 1.58. The first kappa shape index (κ1) is 24.6. The summed E-state index contributed by atoms with van der Waals surface area (Å²) in [4.78, 5) is 8.64. The lowest BCUT2D eigenvalue weighted by Gasteiger charge is -2.36. The number of benzene rings is 3. The molecule has 1 saturated heterocycles. The van der Waals surface area contributed by atoms with Crippen molar-refractivity contribution in [2.75, 3.05) is 5.75 Å². The number of thioether (sulfide) groups is 1. The van der Waals surface area contributed by atoms with Crippen molar-refractivity contribution in [2.45, 2.75) is 43.2 Å². The fourth-order valence-corrected chi connectivity index (χ4v) is 5.17. The molecular formula is C29H29N3O3S. The van der Waals surface area contributed by atoms with Crippen molar-refractivity contribution in [1.29, 1.82) is 0 Å². The number of aliphatic hydroxyl groups is 1. The summed E-state index contributed by atoms with van der Waals surface area (Å²) in [5.74, 6) is 0.719. The lowest BCUT2D eigenvalue weighted by atomic mass is 9.98. The normalized spacial score (nSPS) is 19.8. The smallest absolute Gasteiger partial charge is 0.187 e. The fourth-order valence-electron chi connectivity index (χ4n) is 4.35. The van der Waals surface area contributed by atoms with Crippen LogP contribution in [-0.4, -0.2) is 26.9 Å². The highest BCUT2D eigenvalue weighted by molar-refractivity contribution is 7.99. The molecule has 0 radical (unpaired) electrons. The van der Waals surface area contributed by atoms with Gasteiger partial charge in [-0.2, -0.15) is 0 Å². The van der Waals surface area contributed by atoms with Crippen LogP contribution in [0.5, 0.6) is 0 Å². The van der Waals surface area contributed by atoms with Crippen LogP contribution in [0.1, 0.15) is 41.1 Å². The molecule has 0 bridgehead atoms. The maximum absolute atomic E-state index is 9.41. The van der Waals surface area contributed by atoms with E-state index in [1.807, 2.05) is 42.5 Å². The van der Waals surface area contributed by atoms with Crippen LogP contribution in [0.25, 0.3) is 11.1 Å². The van der Waals surface area contributed by atoms with Crippen LogP contribution in [-0.2, 0) is 22.6 Å². The summed E-state index contributed by atoms with van der Waals surface area (Å²) in [7, 11) is 0. The molecule has 1 aromatic heterocycles. The SMILES string of the molecule is NCc1ccccc1-c1ccc([C@H]2O[C@@H](CSc3ncccn3)C[C@@H](c3ccc(CO)cc3)O2)cc1. The minimum absolute atomic E-state index is 0.0213. The van der Waals surface area contributed by atoms with Crippen LogP contribution in [0.4, 0.5) is 0 Å². The Morgan fingerprint density at radius 3 is 2.31 bits per heavy atom. The Balaban J connectivity index is 1.37. The van der Waals surface area contributed by atoms with Crippen LogP contribution in [0.3, 0.4) is 0 Å². The quantitative estimate of drug-likeness (QED) is 0.247. The molecule has 3 N–H and O–H groups in total. The van der Waals surface area contributed by atoms with Gasteiger partial charge in [-0.25, -0.2) is 9.97 Å². The van der Waals surface area contributed by atoms with E-state index in [4.69, 9.17) is 15.2 Å². The molecule has 184 valence electrons. The molecule has 1 aliphatic heterocycles. The first-order chi connectivity index (χ1) is 17.7. The molecule has 1 fully saturated rings. The molecule has 36 heavy (non-hydrogen) atoms. The Kier molecular flexibility index (Phi) is 8.05. The topological polar surface area (TPSA) is 90.5 Å². The van der Waals surface area contributed by atoms with Crippen LogP contribution in [0, 0.1) is 0 Å². The largest absolute Gasteiger partial charge is 0.392 e. The number of aliphatic hydroxyl groups excluding tert-OH is 1. The second-order valence-corrected chi connectivity index (χ2v) is 9.66. The lowest BCUT2D eigenvalue weighted by Crippen LogP contribution is -2.31. The molecule has 0 spiro atoms. The predicted molar refractivity (Wildman–Crippen MR) is 141 cm³/mol. The van der Waals surface area contributed by atoms with Gasteiger partial charge in [0.05, 0.1) is 18.8 Å². The van der Waals surface area contributed by atoms with Gasteiger partial charge in [0.25, 0.3) is 0 Å². The summed E-state index contributed by atoms with van der Waals surface area (Å²) in [5.41, 5.74) is 12.2. The van der Waals surface area contributed by atoms with Gasteiger partial charge >= 0.3 is 0 Å². The second-order valence-electron chi connectivity index (χ2n) is 8.68. The Labute approximate surface area is 215 Å². The van der Waals surface area contributed by atoms with Gasteiger partial charge in [-0.1, -0.05) is 84.6 Å². The van der Waals surface area contributed by atoms with Crippen molar-refractivity contribution in [3.05, 3.63) is 114 Å². The van der Waals surface area contributed by atoms with E-state index in [0.717, 1.165) is 50.7 Å². The minimum Gasteiger partial charge on any atom is -0.392 e. The summed E-state index contributed by atoms with van der Waals surface area (Å²) < 4.78 is 12.9. The third-order valence-electron chi connectivity index (χ3n) is 6.29. The summed E-state index contributed by atoms with van der Waals surface area (Å²) in [6.07, 6.45) is 3.55. The molecule has 1 aliphatic rings. The highest BCUT2D eigenvalue weighted by Gasteiger charge is 2.32. The summed E-state index contributed by atoms with van der Waals surface area (Å²) in [6.45, 7) is 0.515. The molecular weight excluding hydrogens is 470 g/mol. The van der Waals surface area contributed by atoms with Crippen molar-refractivity contribution in [1.82, 2.24) is 9.97 Å². The second kappa shape index (κ2) is 11.8. The number of hydrogen-bond donors (Lipinski definition) is 2. The maximum Gasteiger partial charge on any atom is 0.187 e. The Morgan fingerprint density at radius 2 is 1.58 bits per heavy atom. The van der Waals surface area contributed by atoms with Crippen LogP contribution in [0.15, 0.2) is 96.4 Å². The van der Waals surface area contributed by atoms with E-state index in [0.29, 0.717) is 6.54 Å². The highest BCUT2D eigenvalue weighted by Crippen LogP contribution is 2.39.